The van der Waals surface area contributed by atoms with E-state index in [4.69, 9.17) is 4.74 Å². The molecule has 5 nitrogen and oxygen atoms in total. The van der Waals surface area contributed by atoms with Crippen molar-refractivity contribution in [2.24, 2.45) is 0 Å². The molecule has 0 bridgehead atoms. The highest BCUT2D eigenvalue weighted by Gasteiger charge is 2.05. The minimum Gasteiger partial charge on any atom is -0.495 e. The lowest BCUT2D eigenvalue weighted by atomic mass is 10.3. The van der Waals surface area contributed by atoms with Crippen molar-refractivity contribution < 1.29 is 14.3 Å². The van der Waals surface area contributed by atoms with Gasteiger partial charge in [-0.15, -0.1) is 0 Å². The third-order valence-corrected chi connectivity index (χ3v) is 1.73. The number of amides is 2. The number of benzene rings is 1. The molecule has 0 aliphatic rings. The summed E-state index contributed by atoms with van der Waals surface area (Å²) in [6.45, 7) is -0.0540. The van der Waals surface area contributed by atoms with Crippen LogP contribution in [-0.4, -0.2) is 26.0 Å². The van der Waals surface area contributed by atoms with Gasteiger partial charge in [0, 0.05) is 0 Å². The summed E-state index contributed by atoms with van der Waals surface area (Å²) in [5.41, 5.74) is 0.581. The van der Waals surface area contributed by atoms with E-state index in [0.29, 0.717) is 17.8 Å². The molecule has 0 aliphatic carbocycles. The minimum atomic E-state index is -0.299. The highest BCUT2D eigenvalue weighted by Crippen LogP contribution is 2.22. The number of ether oxygens (including phenoxy) is 1. The van der Waals surface area contributed by atoms with E-state index in [9.17, 15) is 9.59 Å². The molecule has 0 aliphatic heterocycles. The predicted molar refractivity (Wildman–Crippen MR) is 55.7 cm³/mol. The summed E-state index contributed by atoms with van der Waals surface area (Å²) in [4.78, 5) is 21.2. The molecule has 5 heteroatoms. The molecule has 2 N–H and O–H groups in total. The van der Waals surface area contributed by atoms with E-state index >= 15 is 0 Å². The zero-order valence-electron chi connectivity index (χ0n) is 8.32. The van der Waals surface area contributed by atoms with Crippen LogP contribution in [0.15, 0.2) is 24.3 Å². The fourth-order valence-electron chi connectivity index (χ4n) is 1.08. The van der Waals surface area contributed by atoms with Gasteiger partial charge >= 0.3 is 0 Å². The summed E-state index contributed by atoms with van der Waals surface area (Å²) in [7, 11) is 1.52. The maximum atomic E-state index is 11.3. The Labute approximate surface area is 87.4 Å². The van der Waals surface area contributed by atoms with Crippen LogP contribution in [0.5, 0.6) is 5.75 Å². The van der Waals surface area contributed by atoms with Crippen molar-refractivity contribution in [1.29, 1.82) is 0 Å². The van der Waals surface area contributed by atoms with Gasteiger partial charge in [-0.05, 0) is 12.1 Å². The Morgan fingerprint density at radius 3 is 2.87 bits per heavy atom. The van der Waals surface area contributed by atoms with Gasteiger partial charge in [-0.1, -0.05) is 12.1 Å². The van der Waals surface area contributed by atoms with Crippen molar-refractivity contribution in [3.63, 3.8) is 0 Å². The Kier molecular flexibility index (Phi) is 4.15. The first-order chi connectivity index (χ1) is 7.27. The second-order valence-electron chi connectivity index (χ2n) is 2.75. The number of para-hydroxylation sites is 2. The molecular weight excluding hydrogens is 196 g/mol. The Hall–Kier alpha value is -2.04. The van der Waals surface area contributed by atoms with Crippen LogP contribution in [0.4, 0.5) is 5.69 Å². The molecule has 0 unspecified atom stereocenters. The molecule has 0 aromatic heterocycles. The predicted octanol–water partition coefficient (Wildman–Crippen LogP) is 0.380. The first-order valence-electron chi connectivity index (χ1n) is 4.38. The quantitative estimate of drug-likeness (QED) is 0.687. The summed E-state index contributed by atoms with van der Waals surface area (Å²) in [5.74, 6) is 0.281. The highest BCUT2D eigenvalue weighted by atomic mass is 16.5. The monoisotopic (exact) mass is 208 g/mol. The van der Waals surface area contributed by atoms with Gasteiger partial charge in [-0.2, -0.15) is 0 Å². The van der Waals surface area contributed by atoms with Gasteiger partial charge < -0.3 is 15.4 Å². The average molecular weight is 208 g/mol. The number of nitrogens with one attached hydrogen (secondary N) is 2. The van der Waals surface area contributed by atoms with Crippen molar-refractivity contribution in [3.05, 3.63) is 24.3 Å². The number of methoxy groups -OCH3 is 1. The summed E-state index contributed by atoms with van der Waals surface area (Å²) < 4.78 is 5.05. The van der Waals surface area contributed by atoms with Crippen LogP contribution in [0.3, 0.4) is 0 Å². The molecular formula is C10H12N2O3. The molecule has 15 heavy (non-hydrogen) atoms. The van der Waals surface area contributed by atoms with Crippen molar-refractivity contribution in [2.75, 3.05) is 19.0 Å². The molecule has 0 atom stereocenters. The summed E-state index contributed by atoms with van der Waals surface area (Å²) in [6, 6.07) is 7.05. The molecule has 0 heterocycles. The highest BCUT2D eigenvalue weighted by molar-refractivity contribution is 5.94. The van der Waals surface area contributed by atoms with Gasteiger partial charge in [0.05, 0.1) is 19.3 Å². The van der Waals surface area contributed by atoms with E-state index in [0.717, 1.165) is 0 Å². The molecule has 0 saturated heterocycles. The van der Waals surface area contributed by atoms with E-state index in [1.807, 2.05) is 0 Å². The van der Waals surface area contributed by atoms with E-state index in [2.05, 4.69) is 10.6 Å². The fraction of sp³-hybridized carbons (Fsp3) is 0.200. The maximum absolute atomic E-state index is 11.3. The topological polar surface area (TPSA) is 67.4 Å². The molecule has 1 rings (SSSR count). The van der Waals surface area contributed by atoms with E-state index in [1.54, 1.807) is 24.3 Å². The van der Waals surface area contributed by atoms with Gasteiger partial charge in [0.2, 0.25) is 12.3 Å². The molecule has 80 valence electrons. The Morgan fingerprint density at radius 2 is 2.20 bits per heavy atom. The largest absolute Gasteiger partial charge is 0.495 e. The molecule has 0 spiro atoms. The van der Waals surface area contributed by atoms with Crippen LogP contribution < -0.4 is 15.4 Å². The summed E-state index contributed by atoms with van der Waals surface area (Å²) in [6.07, 6.45) is 0.474. The van der Waals surface area contributed by atoms with Gasteiger partial charge in [0.25, 0.3) is 0 Å². The Bertz CT molecular complexity index is 352. The van der Waals surface area contributed by atoms with E-state index in [1.165, 1.54) is 7.11 Å². The van der Waals surface area contributed by atoms with Crippen LogP contribution >= 0.6 is 0 Å². The van der Waals surface area contributed by atoms with Crippen molar-refractivity contribution >= 4 is 18.0 Å². The van der Waals surface area contributed by atoms with E-state index in [-0.39, 0.29) is 12.5 Å². The lowest BCUT2D eigenvalue weighted by molar-refractivity contribution is -0.118. The molecule has 1 aromatic carbocycles. The van der Waals surface area contributed by atoms with Crippen molar-refractivity contribution in [2.45, 2.75) is 0 Å². The first-order valence-corrected chi connectivity index (χ1v) is 4.38. The maximum Gasteiger partial charge on any atom is 0.243 e. The molecule has 0 saturated carbocycles. The van der Waals surface area contributed by atoms with Gasteiger partial charge in [-0.25, -0.2) is 0 Å². The SMILES string of the molecule is COc1ccccc1NC(=O)CNC=O. The summed E-state index contributed by atoms with van der Waals surface area (Å²) >= 11 is 0. The van der Waals surface area contributed by atoms with Gasteiger partial charge in [0.1, 0.15) is 5.75 Å². The summed E-state index contributed by atoms with van der Waals surface area (Å²) in [5, 5.41) is 4.88. The zero-order chi connectivity index (χ0) is 11.1. The molecule has 0 radical (unpaired) electrons. The van der Waals surface area contributed by atoms with Crippen LogP contribution in [-0.2, 0) is 9.59 Å². The third kappa shape index (κ3) is 3.30. The number of hydrogen-bond donors (Lipinski definition) is 2. The Morgan fingerprint density at radius 1 is 1.47 bits per heavy atom. The average Bonchev–Trinajstić information content (AvgIpc) is 2.27. The number of rotatable bonds is 5. The minimum absolute atomic E-state index is 0.0540. The fourth-order valence-corrected chi connectivity index (χ4v) is 1.08. The van der Waals surface area contributed by atoms with Gasteiger partial charge in [0.15, 0.2) is 0 Å². The molecule has 2 amide bonds. The van der Waals surface area contributed by atoms with Crippen LogP contribution in [0.2, 0.25) is 0 Å². The molecule has 1 aromatic rings. The second-order valence-corrected chi connectivity index (χ2v) is 2.75. The molecule has 0 fully saturated rings. The normalized spacial score (nSPS) is 9.13. The van der Waals surface area contributed by atoms with E-state index < -0.39 is 0 Å². The van der Waals surface area contributed by atoms with Crippen LogP contribution in [0, 0.1) is 0 Å². The lowest BCUT2D eigenvalue weighted by Gasteiger charge is -2.09. The zero-order valence-corrected chi connectivity index (χ0v) is 8.32. The standard InChI is InChI=1S/C10H12N2O3/c1-15-9-5-3-2-4-8(9)12-10(14)6-11-7-13/h2-5,7H,6H2,1H3,(H,11,13)(H,12,14). The smallest absolute Gasteiger partial charge is 0.243 e. The third-order valence-electron chi connectivity index (χ3n) is 1.73. The van der Waals surface area contributed by atoms with Gasteiger partial charge in [-0.3, -0.25) is 9.59 Å². The first kappa shape index (κ1) is 11.0. The number of carbonyl (C=O) groups excluding carboxylic acids is 2. The Balaban J connectivity index is 2.63. The number of anilines is 1. The number of hydrogen-bond acceptors (Lipinski definition) is 3. The lowest BCUT2D eigenvalue weighted by Crippen LogP contribution is -2.27. The number of carbonyl (C=O) groups is 2. The van der Waals surface area contributed by atoms with Crippen molar-refractivity contribution in [3.8, 4) is 5.75 Å². The second kappa shape index (κ2) is 5.64. The van der Waals surface area contributed by atoms with Crippen molar-refractivity contribution in [1.82, 2.24) is 5.32 Å². The van der Waals surface area contributed by atoms with Crippen LogP contribution in [0.25, 0.3) is 0 Å². The van der Waals surface area contributed by atoms with Crippen LogP contribution in [0.1, 0.15) is 0 Å².